The molecule has 0 radical (unpaired) electrons. The molecule has 2 atom stereocenters. The van der Waals surface area contributed by atoms with Crippen LogP contribution in [0.2, 0.25) is 0 Å². The van der Waals surface area contributed by atoms with Crippen LogP contribution >= 0.6 is 11.6 Å². The number of amides is 1. The summed E-state index contributed by atoms with van der Waals surface area (Å²) in [6.07, 6.45) is 4.79. The molecule has 0 fully saturated rings. The number of rotatable bonds is 3. The molecule has 2 unspecified atom stereocenters. The molecule has 0 bridgehead atoms. The molecule has 9 heteroatoms. The maximum absolute atomic E-state index is 14.7. The molecular weight excluding hydrogens is 371 g/mol. The third-order valence-corrected chi connectivity index (χ3v) is 4.39. The van der Waals surface area contributed by atoms with E-state index in [9.17, 15) is 9.18 Å². The summed E-state index contributed by atoms with van der Waals surface area (Å²) < 4.78 is 14.7. The maximum atomic E-state index is 14.7. The highest BCUT2D eigenvalue weighted by atomic mass is 35.5. The van der Waals surface area contributed by atoms with Crippen molar-refractivity contribution >= 4 is 35.3 Å². The summed E-state index contributed by atoms with van der Waals surface area (Å²) in [4.78, 5) is 20.3. The molecule has 4 N–H and O–H groups in total. The lowest BCUT2D eigenvalue weighted by atomic mass is 9.93. The van der Waals surface area contributed by atoms with Crippen LogP contribution in [0.4, 0.5) is 4.39 Å². The van der Waals surface area contributed by atoms with E-state index in [0.717, 1.165) is 6.07 Å². The van der Waals surface area contributed by atoms with E-state index in [1.165, 1.54) is 18.3 Å². The van der Waals surface area contributed by atoms with Crippen LogP contribution in [-0.4, -0.2) is 35.1 Å². The topological polar surface area (TPSA) is 104 Å². The van der Waals surface area contributed by atoms with Gasteiger partial charge in [-0.2, -0.15) is 5.10 Å². The maximum Gasteiger partial charge on any atom is 0.256 e. The van der Waals surface area contributed by atoms with E-state index in [0.29, 0.717) is 17.1 Å². The van der Waals surface area contributed by atoms with Crippen LogP contribution in [-0.2, 0) is 0 Å². The normalized spacial score (nSPS) is 21.9. The highest BCUT2D eigenvalue weighted by Gasteiger charge is 2.36. The summed E-state index contributed by atoms with van der Waals surface area (Å²) in [7, 11) is 0. The van der Waals surface area contributed by atoms with Crippen molar-refractivity contribution in [3.05, 3.63) is 58.8 Å². The zero-order valence-corrected chi connectivity index (χ0v) is 15.5. The van der Waals surface area contributed by atoms with E-state index in [1.807, 2.05) is 6.92 Å². The third-order valence-electron chi connectivity index (χ3n) is 4.03. The van der Waals surface area contributed by atoms with E-state index in [4.69, 9.17) is 17.3 Å². The predicted octanol–water partition coefficient (Wildman–Crippen LogP) is 2.05. The van der Waals surface area contributed by atoms with Gasteiger partial charge in [-0.1, -0.05) is 6.08 Å². The lowest BCUT2D eigenvalue weighted by molar-refractivity contribution is 0.0976. The number of allylic oxidation sites excluding steroid dienone is 1. The summed E-state index contributed by atoms with van der Waals surface area (Å²) >= 11 is 6.19. The second-order valence-electron chi connectivity index (χ2n) is 5.93. The molecule has 1 aromatic rings. The number of hydrogen-bond acceptors (Lipinski definition) is 6. The number of hydrogen-bond donors (Lipinski definition) is 3. The van der Waals surface area contributed by atoms with Crippen molar-refractivity contribution in [2.75, 3.05) is 0 Å². The van der Waals surface area contributed by atoms with E-state index in [2.05, 4.69) is 25.8 Å². The van der Waals surface area contributed by atoms with Crippen molar-refractivity contribution in [1.82, 2.24) is 10.7 Å². The molecule has 0 spiro atoms. The van der Waals surface area contributed by atoms with Gasteiger partial charge in [0.25, 0.3) is 5.91 Å². The summed E-state index contributed by atoms with van der Waals surface area (Å²) in [5, 5.41) is 6.31. The molecule has 140 valence electrons. The van der Waals surface area contributed by atoms with Gasteiger partial charge in [0.2, 0.25) is 0 Å². The number of fused-ring (bicyclic) bond motifs is 1. The van der Waals surface area contributed by atoms with Crippen LogP contribution < -0.4 is 16.5 Å². The van der Waals surface area contributed by atoms with Crippen LogP contribution in [0, 0.1) is 5.82 Å². The average molecular weight is 389 g/mol. The summed E-state index contributed by atoms with van der Waals surface area (Å²) in [6, 6.07) is 3.76. The molecule has 2 aliphatic rings. The first-order valence-electron chi connectivity index (χ1n) is 8.20. The van der Waals surface area contributed by atoms with Gasteiger partial charge in [0.1, 0.15) is 23.2 Å². The average Bonchev–Trinajstić information content (AvgIpc) is 3.09. The molecule has 0 saturated heterocycles. The molecule has 3 rings (SSSR count). The first kappa shape index (κ1) is 18.8. The second-order valence-corrected chi connectivity index (χ2v) is 6.44. The van der Waals surface area contributed by atoms with Gasteiger partial charge >= 0.3 is 0 Å². The Balaban J connectivity index is 1.86. The molecule has 1 aromatic carbocycles. The van der Waals surface area contributed by atoms with Crippen molar-refractivity contribution in [2.45, 2.75) is 25.3 Å². The predicted molar refractivity (Wildman–Crippen MR) is 105 cm³/mol. The van der Waals surface area contributed by atoms with Crippen molar-refractivity contribution in [1.29, 1.82) is 0 Å². The Morgan fingerprint density at radius 1 is 1.48 bits per heavy atom. The molecule has 0 aromatic heterocycles. The number of carbonyl (C=O) groups excluding carboxylic acids is 1. The highest BCUT2D eigenvalue weighted by Crippen LogP contribution is 2.28. The number of nitrogens with one attached hydrogen (secondary N) is 2. The number of benzene rings is 1. The largest absolute Gasteiger partial charge is 0.383 e. The minimum Gasteiger partial charge on any atom is -0.383 e. The lowest BCUT2D eigenvalue weighted by Gasteiger charge is -2.20. The third kappa shape index (κ3) is 3.75. The van der Waals surface area contributed by atoms with Gasteiger partial charge < -0.3 is 11.1 Å². The standard InChI is InChI=1S/C18H18ClFN6O/c1-3-6-22-9(2)24-18(27)10-4-5-11(13(20)7-10)15-14-16(26-25-15)12(19)8-23-17(14)21/h3-8,12,16,26H,21H2,1-2H3,(H,22,24,27)/b6-3-. The number of nitrogens with zero attached hydrogens (tertiary/aromatic N) is 3. The minimum absolute atomic E-state index is 0.160. The quantitative estimate of drug-likeness (QED) is 0.419. The number of hydrazone groups is 1. The number of halogens is 2. The number of nitrogens with two attached hydrogens (primary N) is 1. The van der Waals surface area contributed by atoms with Crippen LogP contribution in [0.1, 0.15) is 29.8 Å². The summed E-state index contributed by atoms with van der Waals surface area (Å²) in [5.41, 5.74) is 10.0. The Bertz CT molecular complexity index is 934. The van der Waals surface area contributed by atoms with Gasteiger partial charge in [-0.3, -0.25) is 10.2 Å². The number of amidine groups is 1. The SMILES string of the molecule is C/C=C\N=C(/C)NC(=O)c1ccc(C2=NNC3C2=C(N)N=CC3Cl)c(F)c1. The zero-order valence-electron chi connectivity index (χ0n) is 14.7. The van der Waals surface area contributed by atoms with E-state index in [-0.39, 0.29) is 23.0 Å². The van der Waals surface area contributed by atoms with Crippen LogP contribution in [0.3, 0.4) is 0 Å². The molecule has 0 aliphatic carbocycles. The van der Waals surface area contributed by atoms with Crippen LogP contribution in [0.5, 0.6) is 0 Å². The first-order valence-corrected chi connectivity index (χ1v) is 8.64. The highest BCUT2D eigenvalue weighted by molar-refractivity contribution is 6.31. The number of aliphatic imine (C=N–C) groups is 2. The van der Waals surface area contributed by atoms with Gasteiger partial charge in [0, 0.05) is 29.1 Å². The fourth-order valence-corrected chi connectivity index (χ4v) is 2.97. The molecular formula is C18H18ClFN6O. The second kappa shape index (κ2) is 7.71. The smallest absolute Gasteiger partial charge is 0.256 e. The van der Waals surface area contributed by atoms with Crippen molar-refractivity contribution in [3.63, 3.8) is 0 Å². The Kier molecular flexibility index (Phi) is 5.36. The minimum atomic E-state index is -0.604. The Morgan fingerprint density at radius 2 is 2.26 bits per heavy atom. The van der Waals surface area contributed by atoms with Crippen molar-refractivity contribution < 1.29 is 9.18 Å². The number of alkyl halides is 1. The van der Waals surface area contributed by atoms with Crippen LogP contribution in [0.25, 0.3) is 0 Å². The van der Waals surface area contributed by atoms with Gasteiger partial charge in [0.05, 0.1) is 11.4 Å². The van der Waals surface area contributed by atoms with Gasteiger partial charge in [-0.15, -0.1) is 11.6 Å². The van der Waals surface area contributed by atoms with Gasteiger partial charge in [-0.05, 0) is 32.0 Å². The molecule has 1 amide bonds. The molecule has 0 saturated carbocycles. The van der Waals surface area contributed by atoms with E-state index in [1.54, 1.807) is 19.2 Å². The Morgan fingerprint density at radius 3 is 2.96 bits per heavy atom. The van der Waals surface area contributed by atoms with Crippen LogP contribution in [0.15, 0.2) is 57.0 Å². The molecule has 27 heavy (non-hydrogen) atoms. The zero-order chi connectivity index (χ0) is 19.6. The van der Waals surface area contributed by atoms with Crippen molar-refractivity contribution in [2.24, 2.45) is 20.8 Å². The summed E-state index contributed by atoms with van der Waals surface area (Å²) in [6.45, 7) is 3.45. The fourth-order valence-electron chi connectivity index (χ4n) is 2.73. The Labute approximate surface area is 160 Å². The molecule has 2 aliphatic heterocycles. The lowest BCUT2D eigenvalue weighted by Crippen LogP contribution is -2.37. The van der Waals surface area contributed by atoms with Crippen molar-refractivity contribution in [3.8, 4) is 0 Å². The monoisotopic (exact) mass is 388 g/mol. The number of carbonyl (C=O) groups is 1. The molecule has 2 heterocycles. The van der Waals surface area contributed by atoms with E-state index >= 15 is 0 Å². The van der Waals surface area contributed by atoms with Gasteiger partial charge in [-0.25, -0.2) is 14.4 Å². The first-order chi connectivity index (χ1) is 12.9. The molecule has 7 nitrogen and oxygen atoms in total. The van der Waals surface area contributed by atoms with Gasteiger partial charge in [0.15, 0.2) is 0 Å². The Hall–Kier alpha value is -3.00. The summed E-state index contributed by atoms with van der Waals surface area (Å²) in [5.74, 6) is -0.427. The fraction of sp³-hybridized carbons (Fsp3) is 0.222. The van der Waals surface area contributed by atoms with E-state index < -0.39 is 17.1 Å².